The monoisotopic (exact) mass is 454 g/mol. The third-order valence-electron chi connectivity index (χ3n) is 5.51. The van der Waals surface area contributed by atoms with Gasteiger partial charge in [0.05, 0.1) is 16.7 Å². The van der Waals surface area contributed by atoms with Gasteiger partial charge in [-0.3, -0.25) is 4.57 Å². The molecule has 7 heteroatoms. The summed E-state index contributed by atoms with van der Waals surface area (Å²) in [7, 11) is 0. The van der Waals surface area contributed by atoms with Crippen LogP contribution in [0.3, 0.4) is 0 Å². The van der Waals surface area contributed by atoms with Crippen LogP contribution in [0.1, 0.15) is 0 Å². The normalized spacial score (nSPS) is 10.9. The van der Waals surface area contributed by atoms with Crippen LogP contribution in [0.2, 0.25) is 0 Å². The van der Waals surface area contributed by atoms with Gasteiger partial charge in [0.2, 0.25) is 6.33 Å². The van der Waals surface area contributed by atoms with Gasteiger partial charge < -0.3 is 22.1 Å². The van der Waals surface area contributed by atoms with E-state index in [1.807, 2.05) is 97.3 Å². The first-order valence-electron chi connectivity index (χ1n) is 10.3. The van der Waals surface area contributed by atoms with E-state index in [9.17, 15) is 4.79 Å². The number of hydrogen-bond acceptors (Lipinski definition) is 2. The number of aromatic nitrogens is 4. The maximum Gasteiger partial charge on any atom is 0.331 e. The molecule has 0 aliphatic heterocycles. The zero-order chi connectivity index (χ0) is 21.5. The fourth-order valence-electron chi connectivity index (χ4n) is 4.05. The zero-order valence-electron chi connectivity index (χ0n) is 17.4. The van der Waals surface area contributed by atoms with Crippen LogP contribution in [0.15, 0.2) is 108 Å². The number of H-pyrrole nitrogens is 2. The van der Waals surface area contributed by atoms with Crippen LogP contribution >= 0.6 is 0 Å². The molecule has 0 atom stereocenters. The predicted octanol–water partition coefficient (Wildman–Crippen LogP) is 1.87. The molecule has 0 aliphatic rings. The van der Waals surface area contributed by atoms with Crippen molar-refractivity contribution in [3.05, 3.63) is 114 Å². The predicted molar refractivity (Wildman–Crippen MR) is 124 cm³/mol. The van der Waals surface area contributed by atoms with Gasteiger partial charge in [0, 0.05) is 12.1 Å². The first kappa shape index (κ1) is 20.6. The fourth-order valence-corrected chi connectivity index (χ4v) is 4.05. The van der Waals surface area contributed by atoms with Crippen LogP contribution in [0.4, 0.5) is 0 Å². The van der Waals surface area contributed by atoms with Gasteiger partial charge in [0.25, 0.3) is 0 Å². The molecule has 0 fully saturated rings. The molecule has 0 saturated heterocycles. The standard InChI is InChI=1S/C26H18N4O2.ClH/c31-26-28-23-12-2-4-14-25(23)30(26)19-8-6-10-21(16-19)32-20-9-5-7-18(15-20)29-17-27-22-11-1-3-13-24(22)29;/h1-17H,(H,28,31);1H. The van der Waals surface area contributed by atoms with Crippen LogP contribution < -0.4 is 27.4 Å². The third-order valence-corrected chi connectivity index (χ3v) is 5.51. The Kier molecular flexibility index (Phi) is 5.20. The first-order valence-corrected chi connectivity index (χ1v) is 10.3. The van der Waals surface area contributed by atoms with Gasteiger partial charge in [-0.2, -0.15) is 4.57 Å². The van der Waals surface area contributed by atoms with Gasteiger partial charge in [0.1, 0.15) is 17.2 Å². The molecule has 0 unspecified atom stereocenters. The summed E-state index contributed by atoms with van der Waals surface area (Å²) in [5.74, 6) is 1.37. The van der Waals surface area contributed by atoms with Crippen LogP contribution in [0, 0.1) is 0 Å². The van der Waals surface area contributed by atoms with Crippen molar-refractivity contribution in [1.29, 1.82) is 0 Å². The molecule has 0 saturated carbocycles. The molecule has 0 radical (unpaired) electrons. The summed E-state index contributed by atoms with van der Waals surface area (Å²) >= 11 is 0. The zero-order valence-corrected chi connectivity index (χ0v) is 18.2. The summed E-state index contributed by atoms with van der Waals surface area (Å²) < 4.78 is 9.91. The third kappa shape index (κ3) is 3.66. The van der Waals surface area contributed by atoms with Gasteiger partial charge in [0.15, 0.2) is 11.0 Å². The van der Waals surface area contributed by atoms with Crippen molar-refractivity contribution in [3.8, 4) is 22.9 Å². The van der Waals surface area contributed by atoms with E-state index in [-0.39, 0.29) is 18.1 Å². The lowest BCUT2D eigenvalue weighted by Gasteiger charge is -2.09. The number of ether oxygens (including phenoxy) is 1. The maximum absolute atomic E-state index is 12.6. The van der Waals surface area contributed by atoms with E-state index in [1.54, 1.807) is 4.57 Å². The smallest absolute Gasteiger partial charge is 0.331 e. The van der Waals surface area contributed by atoms with Crippen molar-refractivity contribution in [1.82, 2.24) is 14.5 Å². The average Bonchev–Trinajstić information content (AvgIpc) is 3.40. The summed E-state index contributed by atoms with van der Waals surface area (Å²) in [5.41, 5.74) is 5.33. The number of fused-ring (bicyclic) bond motifs is 2. The van der Waals surface area contributed by atoms with Crippen molar-refractivity contribution < 1.29 is 21.7 Å². The first-order chi connectivity index (χ1) is 15.8. The minimum atomic E-state index is -0.180. The lowest BCUT2D eigenvalue weighted by molar-refractivity contribution is -0.567. The second-order valence-corrected chi connectivity index (χ2v) is 7.54. The minimum absolute atomic E-state index is 0. The summed E-state index contributed by atoms with van der Waals surface area (Å²) in [4.78, 5) is 18.7. The number of halogens is 1. The van der Waals surface area contributed by atoms with Crippen molar-refractivity contribution in [3.63, 3.8) is 0 Å². The Morgan fingerprint density at radius 1 is 0.758 bits per heavy atom. The van der Waals surface area contributed by atoms with Gasteiger partial charge >= 0.3 is 5.69 Å². The molecule has 33 heavy (non-hydrogen) atoms. The number of para-hydroxylation sites is 4. The molecule has 0 bridgehead atoms. The van der Waals surface area contributed by atoms with Gasteiger partial charge in [-0.25, -0.2) is 9.78 Å². The van der Waals surface area contributed by atoms with E-state index >= 15 is 0 Å². The molecule has 0 spiro atoms. The topological polar surface area (TPSA) is 66.7 Å². The van der Waals surface area contributed by atoms with Crippen LogP contribution in [-0.4, -0.2) is 14.5 Å². The van der Waals surface area contributed by atoms with E-state index in [1.165, 1.54) is 0 Å². The van der Waals surface area contributed by atoms with E-state index in [0.717, 1.165) is 33.4 Å². The van der Waals surface area contributed by atoms with Crippen LogP contribution in [0.5, 0.6) is 11.5 Å². The van der Waals surface area contributed by atoms with Crippen molar-refractivity contribution in [2.45, 2.75) is 0 Å². The lowest BCUT2D eigenvalue weighted by Crippen LogP contribution is -3.00. The SMILES string of the molecule is O=c1[nH]c2ccccc2n1-c1cccc(Oc2cccc(-[n+]3c[nH]c4ccccc43)c2)c1.[Cl-]. The van der Waals surface area contributed by atoms with E-state index < -0.39 is 0 Å². The number of benzene rings is 4. The molecule has 2 aromatic heterocycles. The van der Waals surface area contributed by atoms with Crippen molar-refractivity contribution >= 4 is 22.1 Å². The molecule has 4 aromatic carbocycles. The Morgan fingerprint density at radius 3 is 2.36 bits per heavy atom. The molecule has 6 rings (SSSR count). The van der Waals surface area contributed by atoms with Crippen molar-refractivity contribution in [2.75, 3.05) is 0 Å². The minimum Gasteiger partial charge on any atom is -1.00 e. The summed E-state index contributed by atoms with van der Waals surface area (Å²) in [6.07, 6.45) is 1.94. The maximum atomic E-state index is 12.6. The Morgan fingerprint density at radius 2 is 1.48 bits per heavy atom. The Hall–Kier alpha value is -4.29. The van der Waals surface area contributed by atoms with E-state index in [0.29, 0.717) is 11.5 Å². The van der Waals surface area contributed by atoms with Gasteiger partial charge in [-0.1, -0.05) is 36.4 Å². The quantitative estimate of drug-likeness (QED) is 0.399. The average molecular weight is 455 g/mol. The van der Waals surface area contributed by atoms with E-state index in [4.69, 9.17) is 4.74 Å². The molecular formula is C26H19ClN4O2. The molecule has 0 aliphatic carbocycles. The Balaban J connectivity index is 0.00000228. The highest BCUT2D eigenvalue weighted by atomic mass is 35.5. The largest absolute Gasteiger partial charge is 1.00 e. The number of imidazole rings is 2. The van der Waals surface area contributed by atoms with Gasteiger partial charge in [-0.15, -0.1) is 0 Å². The van der Waals surface area contributed by atoms with Crippen LogP contribution in [0.25, 0.3) is 33.4 Å². The highest BCUT2D eigenvalue weighted by Crippen LogP contribution is 2.26. The number of rotatable bonds is 4. The molecule has 6 nitrogen and oxygen atoms in total. The molecule has 2 heterocycles. The summed E-state index contributed by atoms with van der Waals surface area (Å²) in [5, 5.41) is 0. The highest BCUT2D eigenvalue weighted by Gasteiger charge is 2.13. The summed E-state index contributed by atoms with van der Waals surface area (Å²) in [6.45, 7) is 0. The lowest BCUT2D eigenvalue weighted by atomic mass is 10.2. The second-order valence-electron chi connectivity index (χ2n) is 7.54. The highest BCUT2D eigenvalue weighted by molar-refractivity contribution is 5.77. The van der Waals surface area contributed by atoms with Crippen molar-refractivity contribution in [2.24, 2.45) is 0 Å². The molecule has 6 aromatic rings. The number of nitrogens with one attached hydrogen (secondary N) is 2. The van der Waals surface area contributed by atoms with Gasteiger partial charge in [-0.05, 0) is 48.5 Å². The summed E-state index contributed by atoms with van der Waals surface area (Å²) in [6, 6.07) is 31.2. The Bertz CT molecular complexity index is 1650. The number of nitrogens with zero attached hydrogens (tertiary/aromatic N) is 2. The number of aromatic amines is 2. The van der Waals surface area contributed by atoms with E-state index in [2.05, 4.69) is 20.6 Å². The molecule has 2 N–H and O–H groups in total. The number of hydrogen-bond donors (Lipinski definition) is 2. The molecule has 162 valence electrons. The molecule has 0 amide bonds. The fraction of sp³-hybridized carbons (Fsp3) is 0. The van der Waals surface area contributed by atoms with Crippen LogP contribution in [-0.2, 0) is 0 Å². The molecular weight excluding hydrogens is 436 g/mol. The second kappa shape index (κ2) is 8.33. The Labute approximate surface area is 195 Å².